The smallest absolute Gasteiger partial charge is 0.118 e. The minimum absolute atomic E-state index is 0.895. The predicted octanol–water partition coefficient (Wildman–Crippen LogP) is 2.62. The average molecular weight is 216 g/mol. The van der Waals surface area contributed by atoms with Crippen LogP contribution < -0.4 is 4.74 Å². The van der Waals surface area contributed by atoms with Gasteiger partial charge in [0.05, 0.1) is 7.11 Å². The molecule has 1 radical (unpaired) electrons. The van der Waals surface area contributed by atoms with Gasteiger partial charge in [0.25, 0.3) is 0 Å². The summed E-state index contributed by atoms with van der Waals surface area (Å²) in [5.74, 6) is 0.916. The zero-order chi connectivity index (χ0) is 11.4. The Morgan fingerprint density at radius 3 is 2.56 bits per heavy atom. The monoisotopic (exact) mass is 216 g/mol. The fourth-order valence-corrected chi connectivity index (χ4v) is 1.98. The molecule has 0 aromatic heterocycles. The van der Waals surface area contributed by atoms with E-state index in [-0.39, 0.29) is 0 Å². The van der Waals surface area contributed by atoms with Gasteiger partial charge in [-0.1, -0.05) is 18.2 Å². The van der Waals surface area contributed by atoms with E-state index in [0.717, 1.165) is 31.8 Å². The number of benzene rings is 1. The summed E-state index contributed by atoms with van der Waals surface area (Å²) in [5.41, 5.74) is 2.75. The Labute approximate surface area is 97.5 Å². The Morgan fingerprint density at radius 2 is 2.06 bits per heavy atom. The molecule has 85 valence electrons. The molecule has 0 saturated carbocycles. The lowest BCUT2D eigenvalue weighted by atomic mass is 9.99. The van der Waals surface area contributed by atoms with Crippen LogP contribution in [0.15, 0.2) is 30.3 Å². The molecule has 0 spiro atoms. The molecule has 0 aliphatic carbocycles. The molecule has 0 atom stereocenters. The molecular weight excluding hydrogens is 198 g/mol. The van der Waals surface area contributed by atoms with E-state index < -0.39 is 0 Å². The van der Waals surface area contributed by atoms with E-state index in [1.165, 1.54) is 11.1 Å². The molecule has 2 heteroatoms. The second-order valence-corrected chi connectivity index (χ2v) is 4.01. The first-order valence-corrected chi connectivity index (χ1v) is 5.68. The van der Waals surface area contributed by atoms with Crippen molar-refractivity contribution in [2.24, 2.45) is 0 Å². The van der Waals surface area contributed by atoms with Crippen molar-refractivity contribution >= 4 is 5.57 Å². The van der Waals surface area contributed by atoms with Crippen LogP contribution in [0.25, 0.3) is 5.57 Å². The second-order valence-electron chi connectivity index (χ2n) is 4.01. The van der Waals surface area contributed by atoms with Gasteiger partial charge < -0.3 is 4.74 Å². The quantitative estimate of drug-likeness (QED) is 0.770. The van der Waals surface area contributed by atoms with Crippen molar-refractivity contribution < 1.29 is 4.74 Å². The Hall–Kier alpha value is -1.28. The maximum absolute atomic E-state index is 5.16. The first kappa shape index (κ1) is 11.2. The van der Waals surface area contributed by atoms with Crippen molar-refractivity contribution in [3.05, 3.63) is 42.8 Å². The van der Waals surface area contributed by atoms with Crippen molar-refractivity contribution in [2.45, 2.75) is 6.42 Å². The summed E-state index contributed by atoms with van der Waals surface area (Å²) in [6, 6.07) is 8.29. The van der Waals surface area contributed by atoms with Crippen molar-refractivity contribution in [2.75, 3.05) is 26.7 Å². The molecule has 16 heavy (non-hydrogen) atoms. The molecule has 1 aliphatic heterocycles. The number of hydrogen-bond donors (Lipinski definition) is 0. The Bertz CT molecular complexity index is 367. The number of methoxy groups -OCH3 is 1. The molecule has 0 fully saturated rings. The lowest BCUT2D eigenvalue weighted by Crippen LogP contribution is -2.28. The summed E-state index contributed by atoms with van der Waals surface area (Å²) in [7, 11) is 1.70. The van der Waals surface area contributed by atoms with Gasteiger partial charge >= 0.3 is 0 Å². The molecular formula is C14H18NO. The molecule has 1 aromatic rings. The van der Waals surface area contributed by atoms with Crippen LogP contribution in [0.3, 0.4) is 0 Å². The van der Waals surface area contributed by atoms with E-state index in [2.05, 4.69) is 30.0 Å². The molecule has 1 heterocycles. The molecule has 1 aromatic carbocycles. The van der Waals surface area contributed by atoms with Gasteiger partial charge in [0.1, 0.15) is 5.75 Å². The molecule has 1 aliphatic rings. The normalized spacial score (nSPS) is 17.0. The molecule has 2 nitrogen and oxygen atoms in total. The van der Waals surface area contributed by atoms with Gasteiger partial charge in [-0.25, -0.2) is 0 Å². The van der Waals surface area contributed by atoms with Gasteiger partial charge in [0.2, 0.25) is 0 Å². The van der Waals surface area contributed by atoms with Gasteiger partial charge in [-0.05, 0) is 43.2 Å². The van der Waals surface area contributed by atoms with Gasteiger partial charge in [0, 0.05) is 13.1 Å². The Kier molecular flexibility index (Phi) is 3.62. The van der Waals surface area contributed by atoms with E-state index in [0.29, 0.717) is 0 Å². The highest BCUT2D eigenvalue weighted by atomic mass is 16.5. The number of nitrogens with zero attached hydrogens (tertiary/aromatic N) is 1. The van der Waals surface area contributed by atoms with E-state index in [9.17, 15) is 0 Å². The summed E-state index contributed by atoms with van der Waals surface area (Å²) in [5, 5.41) is 0. The molecule has 0 unspecified atom stereocenters. The SMILES string of the molecule is [CH2]CN1CC=C(c2ccc(OC)cc2)CC1. The minimum atomic E-state index is 0.895. The maximum atomic E-state index is 5.16. The Morgan fingerprint density at radius 1 is 1.31 bits per heavy atom. The van der Waals surface area contributed by atoms with Crippen LogP contribution in [0.2, 0.25) is 0 Å². The molecule has 0 saturated heterocycles. The van der Waals surface area contributed by atoms with Crippen LogP contribution in [0, 0.1) is 6.92 Å². The van der Waals surface area contributed by atoms with E-state index in [4.69, 9.17) is 4.74 Å². The van der Waals surface area contributed by atoms with Gasteiger partial charge in [0.15, 0.2) is 0 Å². The summed E-state index contributed by atoms with van der Waals surface area (Å²) < 4.78 is 5.16. The second kappa shape index (κ2) is 5.17. The highest BCUT2D eigenvalue weighted by molar-refractivity contribution is 5.67. The minimum Gasteiger partial charge on any atom is -0.497 e. The van der Waals surface area contributed by atoms with Gasteiger partial charge in [-0.2, -0.15) is 0 Å². The third-order valence-electron chi connectivity index (χ3n) is 3.07. The first-order valence-electron chi connectivity index (χ1n) is 5.68. The van der Waals surface area contributed by atoms with E-state index >= 15 is 0 Å². The topological polar surface area (TPSA) is 12.5 Å². The molecule has 0 amide bonds. The first-order chi connectivity index (χ1) is 7.83. The summed E-state index contributed by atoms with van der Waals surface area (Å²) in [4.78, 5) is 2.34. The van der Waals surface area contributed by atoms with Crippen molar-refractivity contribution in [1.82, 2.24) is 4.90 Å². The largest absolute Gasteiger partial charge is 0.497 e. The molecule has 2 rings (SSSR count). The fraction of sp³-hybridized carbons (Fsp3) is 0.357. The standard InChI is InChI=1S/C14H18NO/c1-3-15-10-8-13(9-11-15)12-4-6-14(16-2)7-5-12/h4-8H,1,3,9-11H2,2H3. The summed E-state index contributed by atoms with van der Waals surface area (Å²) in [6.45, 7) is 6.94. The molecule has 0 N–H and O–H groups in total. The maximum Gasteiger partial charge on any atom is 0.118 e. The van der Waals surface area contributed by atoms with Crippen molar-refractivity contribution in [3.63, 3.8) is 0 Å². The fourth-order valence-electron chi connectivity index (χ4n) is 1.98. The van der Waals surface area contributed by atoms with Crippen LogP contribution in [-0.2, 0) is 0 Å². The molecule has 0 bridgehead atoms. The third-order valence-corrected chi connectivity index (χ3v) is 3.07. The van der Waals surface area contributed by atoms with Gasteiger partial charge in [-0.3, -0.25) is 4.90 Å². The van der Waals surface area contributed by atoms with Gasteiger partial charge in [-0.15, -0.1) is 0 Å². The zero-order valence-electron chi connectivity index (χ0n) is 9.78. The van der Waals surface area contributed by atoms with Crippen LogP contribution in [0.4, 0.5) is 0 Å². The summed E-state index contributed by atoms with van der Waals surface area (Å²) >= 11 is 0. The van der Waals surface area contributed by atoms with Crippen LogP contribution >= 0.6 is 0 Å². The lowest BCUT2D eigenvalue weighted by Gasteiger charge is -2.24. The number of hydrogen-bond acceptors (Lipinski definition) is 2. The Balaban J connectivity index is 2.10. The van der Waals surface area contributed by atoms with Crippen LogP contribution in [0.5, 0.6) is 5.75 Å². The number of rotatable bonds is 3. The summed E-state index contributed by atoms with van der Waals surface area (Å²) in [6.07, 6.45) is 3.42. The third kappa shape index (κ3) is 2.45. The average Bonchev–Trinajstić information content (AvgIpc) is 2.39. The van der Waals surface area contributed by atoms with E-state index in [1.54, 1.807) is 7.11 Å². The highest BCUT2D eigenvalue weighted by Crippen LogP contribution is 2.23. The highest BCUT2D eigenvalue weighted by Gasteiger charge is 2.10. The predicted molar refractivity (Wildman–Crippen MR) is 67.4 cm³/mol. The van der Waals surface area contributed by atoms with Crippen molar-refractivity contribution in [3.8, 4) is 5.75 Å². The zero-order valence-corrected chi connectivity index (χ0v) is 9.78. The lowest BCUT2D eigenvalue weighted by molar-refractivity contribution is 0.333. The van der Waals surface area contributed by atoms with Crippen LogP contribution in [-0.4, -0.2) is 31.6 Å². The van der Waals surface area contributed by atoms with E-state index in [1.807, 2.05) is 12.1 Å². The number of ether oxygens (including phenoxy) is 1. The van der Waals surface area contributed by atoms with Crippen molar-refractivity contribution in [1.29, 1.82) is 0 Å². The van der Waals surface area contributed by atoms with Crippen LogP contribution in [0.1, 0.15) is 12.0 Å².